The van der Waals surface area contributed by atoms with Gasteiger partial charge in [-0.3, -0.25) is 0 Å². The van der Waals surface area contributed by atoms with Gasteiger partial charge in [-0.1, -0.05) is 28.1 Å². The molecule has 106 valence electrons. The number of pyridine rings is 1. The Hall–Kier alpha value is -1.55. The molecule has 0 spiro atoms. The van der Waals surface area contributed by atoms with E-state index < -0.39 is 0 Å². The lowest BCUT2D eigenvalue weighted by atomic mass is 10.1. The van der Waals surface area contributed by atoms with E-state index in [9.17, 15) is 0 Å². The van der Waals surface area contributed by atoms with Gasteiger partial charge in [0.1, 0.15) is 5.82 Å². The predicted octanol–water partition coefficient (Wildman–Crippen LogP) is 3.95. The molecule has 2 rings (SSSR count). The van der Waals surface area contributed by atoms with Gasteiger partial charge in [-0.15, -0.1) is 0 Å². The summed E-state index contributed by atoms with van der Waals surface area (Å²) in [5, 5.41) is 3.48. The van der Waals surface area contributed by atoms with Crippen molar-refractivity contribution in [2.75, 3.05) is 24.3 Å². The Bertz CT molecular complexity index is 535. The molecule has 0 aliphatic carbocycles. The number of nitrogens with one attached hydrogen (secondary N) is 1. The summed E-state index contributed by atoms with van der Waals surface area (Å²) in [5.74, 6) is 0.969. The topological polar surface area (TPSA) is 28.2 Å². The zero-order valence-electron chi connectivity index (χ0n) is 12.1. The molecule has 0 bridgehead atoms. The Balaban J connectivity index is 1.93. The average molecular weight is 334 g/mol. The average Bonchev–Trinajstić information content (AvgIpc) is 2.42. The molecule has 4 heteroatoms. The van der Waals surface area contributed by atoms with Crippen LogP contribution in [0.3, 0.4) is 0 Å². The zero-order valence-corrected chi connectivity index (χ0v) is 13.7. The van der Waals surface area contributed by atoms with Gasteiger partial charge < -0.3 is 10.2 Å². The third-order valence-electron chi connectivity index (χ3n) is 3.07. The van der Waals surface area contributed by atoms with Gasteiger partial charge in [0.05, 0.1) is 11.9 Å². The fraction of sp³-hybridized carbons (Fsp3) is 0.312. The van der Waals surface area contributed by atoms with Crippen molar-refractivity contribution in [3.8, 4) is 0 Å². The molecule has 0 fully saturated rings. The van der Waals surface area contributed by atoms with E-state index in [1.54, 1.807) is 0 Å². The summed E-state index contributed by atoms with van der Waals surface area (Å²) in [5.41, 5.74) is 2.38. The summed E-state index contributed by atoms with van der Waals surface area (Å²) < 4.78 is 1.12. The van der Waals surface area contributed by atoms with Crippen LogP contribution in [0, 0.1) is 0 Å². The Kier molecular flexibility index (Phi) is 5.01. The minimum atomic E-state index is 0.364. The molecule has 0 amide bonds. The number of anilines is 2. The predicted molar refractivity (Wildman–Crippen MR) is 89.5 cm³/mol. The number of nitrogens with zero attached hydrogens (tertiary/aromatic N) is 2. The smallest absolute Gasteiger partial charge is 0.128 e. The third kappa shape index (κ3) is 4.23. The number of rotatable bonds is 5. The lowest BCUT2D eigenvalue weighted by molar-refractivity contribution is 0.789. The van der Waals surface area contributed by atoms with E-state index in [0.29, 0.717) is 6.04 Å². The number of halogens is 1. The Morgan fingerprint density at radius 1 is 1.15 bits per heavy atom. The van der Waals surface area contributed by atoms with Gasteiger partial charge in [-0.2, -0.15) is 0 Å². The Morgan fingerprint density at radius 2 is 1.85 bits per heavy atom. The summed E-state index contributed by atoms with van der Waals surface area (Å²) in [6, 6.07) is 12.9. The third-order valence-corrected chi connectivity index (χ3v) is 3.60. The van der Waals surface area contributed by atoms with Crippen molar-refractivity contribution in [2.24, 2.45) is 0 Å². The highest BCUT2D eigenvalue weighted by Crippen LogP contribution is 2.15. The van der Waals surface area contributed by atoms with E-state index in [2.05, 4.69) is 63.5 Å². The Labute approximate surface area is 129 Å². The van der Waals surface area contributed by atoms with Crippen LogP contribution >= 0.6 is 15.9 Å². The standard InChI is InChI=1S/C16H20BrN3/c1-12(10-13-4-6-14(17)7-5-13)19-15-8-9-16(18-11-15)20(2)3/h4-9,11-12,19H,10H2,1-3H3. The maximum atomic E-state index is 4.41. The quantitative estimate of drug-likeness (QED) is 0.897. The monoisotopic (exact) mass is 333 g/mol. The van der Waals surface area contributed by atoms with Gasteiger partial charge in [-0.05, 0) is 43.2 Å². The first-order chi connectivity index (χ1) is 9.54. The molecular weight excluding hydrogens is 314 g/mol. The fourth-order valence-electron chi connectivity index (χ4n) is 2.05. The van der Waals surface area contributed by atoms with Crippen molar-refractivity contribution < 1.29 is 0 Å². The zero-order chi connectivity index (χ0) is 14.5. The molecule has 1 aromatic heterocycles. The number of aromatic nitrogens is 1. The summed E-state index contributed by atoms with van der Waals surface area (Å²) in [7, 11) is 3.98. The molecule has 0 aliphatic heterocycles. The molecule has 1 atom stereocenters. The van der Waals surface area contributed by atoms with E-state index in [4.69, 9.17) is 0 Å². The van der Waals surface area contributed by atoms with Crippen molar-refractivity contribution >= 4 is 27.4 Å². The minimum absolute atomic E-state index is 0.364. The maximum Gasteiger partial charge on any atom is 0.128 e. The first-order valence-corrected chi connectivity index (χ1v) is 7.48. The van der Waals surface area contributed by atoms with Crippen LogP contribution in [0.25, 0.3) is 0 Å². The molecule has 0 saturated heterocycles. The van der Waals surface area contributed by atoms with E-state index in [1.807, 2.05) is 31.3 Å². The lowest BCUT2D eigenvalue weighted by Gasteiger charge is -2.16. The van der Waals surface area contributed by atoms with Gasteiger partial charge in [0.15, 0.2) is 0 Å². The highest BCUT2D eigenvalue weighted by Gasteiger charge is 2.04. The second-order valence-electron chi connectivity index (χ2n) is 5.18. The van der Waals surface area contributed by atoms with Crippen LogP contribution in [0.4, 0.5) is 11.5 Å². The number of hydrogen-bond donors (Lipinski definition) is 1. The van der Waals surface area contributed by atoms with Gasteiger partial charge >= 0.3 is 0 Å². The second-order valence-corrected chi connectivity index (χ2v) is 6.09. The summed E-state index contributed by atoms with van der Waals surface area (Å²) in [4.78, 5) is 6.40. The molecule has 1 N–H and O–H groups in total. The lowest BCUT2D eigenvalue weighted by Crippen LogP contribution is -2.18. The fourth-order valence-corrected chi connectivity index (χ4v) is 2.31. The van der Waals surface area contributed by atoms with Gasteiger partial charge in [0.2, 0.25) is 0 Å². The Morgan fingerprint density at radius 3 is 2.40 bits per heavy atom. The van der Waals surface area contributed by atoms with Gasteiger partial charge in [-0.25, -0.2) is 4.98 Å². The van der Waals surface area contributed by atoms with Crippen LogP contribution in [0.1, 0.15) is 12.5 Å². The van der Waals surface area contributed by atoms with Crippen molar-refractivity contribution in [3.05, 3.63) is 52.6 Å². The van der Waals surface area contributed by atoms with Crippen LogP contribution in [-0.2, 0) is 6.42 Å². The highest BCUT2D eigenvalue weighted by molar-refractivity contribution is 9.10. The van der Waals surface area contributed by atoms with Crippen LogP contribution in [-0.4, -0.2) is 25.1 Å². The van der Waals surface area contributed by atoms with Crippen LogP contribution in [0.15, 0.2) is 47.1 Å². The molecule has 3 nitrogen and oxygen atoms in total. The summed E-state index contributed by atoms with van der Waals surface area (Å²) in [6.07, 6.45) is 2.87. The molecule has 0 saturated carbocycles. The van der Waals surface area contributed by atoms with Crippen molar-refractivity contribution in [2.45, 2.75) is 19.4 Å². The molecule has 0 aliphatic rings. The molecular formula is C16H20BrN3. The molecule has 1 unspecified atom stereocenters. The molecule has 1 heterocycles. The molecule has 2 aromatic rings. The summed E-state index contributed by atoms with van der Waals surface area (Å²) >= 11 is 3.46. The van der Waals surface area contributed by atoms with E-state index >= 15 is 0 Å². The van der Waals surface area contributed by atoms with Gasteiger partial charge in [0.25, 0.3) is 0 Å². The van der Waals surface area contributed by atoms with Gasteiger partial charge in [0, 0.05) is 24.6 Å². The molecule has 1 aromatic carbocycles. The van der Waals surface area contributed by atoms with Crippen LogP contribution in [0.2, 0.25) is 0 Å². The second kappa shape index (κ2) is 6.75. The number of benzene rings is 1. The normalized spacial score (nSPS) is 12.0. The van der Waals surface area contributed by atoms with Crippen LogP contribution < -0.4 is 10.2 Å². The first-order valence-electron chi connectivity index (χ1n) is 6.69. The molecule has 20 heavy (non-hydrogen) atoms. The van der Waals surface area contributed by atoms with Crippen molar-refractivity contribution in [3.63, 3.8) is 0 Å². The van der Waals surface area contributed by atoms with E-state index in [-0.39, 0.29) is 0 Å². The highest BCUT2D eigenvalue weighted by atomic mass is 79.9. The van der Waals surface area contributed by atoms with Crippen molar-refractivity contribution in [1.82, 2.24) is 4.98 Å². The molecule has 0 radical (unpaired) electrons. The van der Waals surface area contributed by atoms with Crippen molar-refractivity contribution in [1.29, 1.82) is 0 Å². The summed E-state index contributed by atoms with van der Waals surface area (Å²) in [6.45, 7) is 2.18. The number of hydrogen-bond acceptors (Lipinski definition) is 3. The van der Waals surface area contributed by atoms with E-state index in [0.717, 1.165) is 22.4 Å². The van der Waals surface area contributed by atoms with Crippen LogP contribution in [0.5, 0.6) is 0 Å². The van der Waals surface area contributed by atoms with E-state index in [1.165, 1.54) is 5.56 Å². The maximum absolute atomic E-state index is 4.41. The minimum Gasteiger partial charge on any atom is -0.381 e. The first kappa shape index (κ1) is 14.9. The largest absolute Gasteiger partial charge is 0.381 e. The SMILES string of the molecule is CC(Cc1ccc(Br)cc1)Nc1ccc(N(C)C)nc1.